The van der Waals surface area contributed by atoms with Gasteiger partial charge in [0.05, 0.1) is 6.26 Å². The third-order valence-corrected chi connectivity index (χ3v) is 3.51. The summed E-state index contributed by atoms with van der Waals surface area (Å²) < 4.78 is 16.3. The molecular weight excluding hydrogens is 242 g/mol. The maximum atomic E-state index is 5.45. The highest BCUT2D eigenvalue weighted by atomic mass is 16.7. The van der Waals surface area contributed by atoms with E-state index in [1.54, 1.807) is 6.26 Å². The van der Waals surface area contributed by atoms with Gasteiger partial charge in [-0.2, -0.15) is 0 Å². The van der Waals surface area contributed by atoms with E-state index in [-0.39, 0.29) is 0 Å². The first kappa shape index (κ1) is 10.7. The number of ether oxygens (including phenoxy) is 2. The van der Waals surface area contributed by atoms with Crippen molar-refractivity contribution in [3.05, 3.63) is 47.4 Å². The molecule has 1 aromatic carbocycles. The number of rotatable bonds is 2. The molecule has 96 valence electrons. The van der Waals surface area contributed by atoms with Gasteiger partial charge in [-0.25, -0.2) is 0 Å². The monoisotopic (exact) mass is 255 g/mol. The summed E-state index contributed by atoms with van der Waals surface area (Å²) in [6.07, 6.45) is 3.37. The van der Waals surface area contributed by atoms with Crippen molar-refractivity contribution in [3.8, 4) is 11.5 Å². The van der Waals surface area contributed by atoms with Crippen molar-refractivity contribution < 1.29 is 13.9 Å². The fourth-order valence-corrected chi connectivity index (χ4v) is 2.59. The number of hydrogen-bond acceptors (Lipinski definition) is 4. The van der Waals surface area contributed by atoms with Crippen LogP contribution in [-0.2, 0) is 12.8 Å². The summed E-state index contributed by atoms with van der Waals surface area (Å²) in [5, 5.41) is 0. The summed E-state index contributed by atoms with van der Waals surface area (Å²) in [6, 6.07) is 8.00. The predicted molar refractivity (Wildman–Crippen MR) is 70.1 cm³/mol. The topological polar surface area (TPSA) is 44.0 Å². The fourth-order valence-electron chi connectivity index (χ4n) is 2.59. The van der Waals surface area contributed by atoms with Crippen molar-refractivity contribution >= 4 is 5.71 Å². The molecular formula is C15H13NO3. The van der Waals surface area contributed by atoms with Gasteiger partial charge in [-0.3, -0.25) is 4.99 Å². The van der Waals surface area contributed by atoms with Gasteiger partial charge in [0.15, 0.2) is 11.5 Å². The second-order valence-corrected chi connectivity index (χ2v) is 4.70. The second-order valence-electron chi connectivity index (χ2n) is 4.70. The van der Waals surface area contributed by atoms with E-state index < -0.39 is 0 Å². The first-order chi connectivity index (χ1) is 9.40. The largest absolute Gasteiger partial charge is 0.469 e. The van der Waals surface area contributed by atoms with Crippen LogP contribution >= 0.6 is 0 Å². The minimum Gasteiger partial charge on any atom is -0.469 e. The molecule has 2 aliphatic heterocycles. The number of hydrogen-bond donors (Lipinski definition) is 0. The molecule has 0 atom stereocenters. The van der Waals surface area contributed by atoms with Crippen molar-refractivity contribution in [1.29, 1.82) is 0 Å². The van der Waals surface area contributed by atoms with Crippen molar-refractivity contribution in [1.82, 2.24) is 0 Å². The van der Waals surface area contributed by atoms with E-state index >= 15 is 0 Å². The minimum absolute atomic E-state index is 0.308. The molecule has 2 aliphatic rings. The van der Waals surface area contributed by atoms with E-state index in [1.807, 2.05) is 18.2 Å². The highest BCUT2D eigenvalue weighted by Crippen LogP contribution is 2.36. The Kier molecular flexibility index (Phi) is 2.33. The highest BCUT2D eigenvalue weighted by Gasteiger charge is 2.22. The number of aliphatic imine (C=N–C) groups is 1. The summed E-state index contributed by atoms with van der Waals surface area (Å²) in [4.78, 5) is 4.63. The van der Waals surface area contributed by atoms with Gasteiger partial charge in [-0.15, -0.1) is 0 Å². The third kappa shape index (κ3) is 1.80. The van der Waals surface area contributed by atoms with Crippen molar-refractivity contribution in [2.75, 3.05) is 13.3 Å². The zero-order valence-corrected chi connectivity index (χ0v) is 10.4. The summed E-state index contributed by atoms with van der Waals surface area (Å²) in [5.74, 6) is 2.59. The summed E-state index contributed by atoms with van der Waals surface area (Å²) in [6.45, 7) is 1.13. The zero-order chi connectivity index (χ0) is 12.7. The number of fused-ring (bicyclic) bond motifs is 2. The Morgan fingerprint density at radius 2 is 2.05 bits per heavy atom. The fraction of sp³-hybridized carbons (Fsp3) is 0.267. The molecule has 0 amide bonds. The smallest absolute Gasteiger partial charge is 0.231 e. The van der Waals surface area contributed by atoms with Crippen molar-refractivity contribution in [3.63, 3.8) is 0 Å². The average Bonchev–Trinajstić information content (AvgIpc) is 3.07. The van der Waals surface area contributed by atoms with Crippen LogP contribution in [0.2, 0.25) is 0 Å². The molecule has 4 rings (SSSR count). The van der Waals surface area contributed by atoms with Gasteiger partial charge >= 0.3 is 0 Å². The van der Waals surface area contributed by atoms with Crippen LogP contribution in [0.25, 0.3) is 0 Å². The normalized spacial score (nSPS) is 16.1. The molecule has 0 aliphatic carbocycles. The quantitative estimate of drug-likeness (QED) is 0.828. The van der Waals surface area contributed by atoms with Gasteiger partial charge in [0.1, 0.15) is 5.76 Å². The van der Waals surface area contributed by atoms with Crippen LogP contribution in [0.15, 0.2) is 39.9 Å². The van der Waals surface area contributed by atoms with Gasteiger partial charge < -0.3 is 13.9 Å². The number of furan rings is 1. The van der Waals surface area contributed by atoms with E-state index in [4.69, 9.17) is 13.9 Å². The van der Waals surface area contributed by atoms with Crippen molar-refractivity contribution in [2.45, 2.75) is 12.8 Å². The molecule has 4 heteroatoms. The molecule has 0 spiro atoms. The van der Waals surface area contributed by atoms with Crippen LogP contribution in [0, 0.1) is 0 Å². The molecule has 3 heterocycles. The Labute approximate surface area is 110 Å². The molecule has 0 radical (unpaired) electrons. The Hall–Kier alpha value is -2.23. The predicted octanol–water partition coefficient (Wildman–Crippen LogP) is 2.60. The Morgan fingerprint density at radius 3 is 2.89 bits per heavy atom. The summed E-state index contributed by atoms with van der Waals surface area (Å²) in [5.41, 5.74) is 3.50. The van der Waals surface area contributed by atoms with Crippen LogP contribution in [0.3, 0.4) is 0 Å². The van der Waals surface area contributed by atoms with Crippen LogP contribution < -0.4 is 9.47 Å². The molecule has 0 N–H and O–H groups in total. The maximum Gasteiger partial charge on any atom is 0.231 e. The zero-order valence-electron chi connectivity index (χ0n) is 10.4. The molecule has 0 bridgehead atoms. The van der Waals surface area contributed by atoms with Gasteiger partial charge in [0.2, 0.25) is 6.79 Å². The number of benzene rings is 1. The van der Waals surface area contributed by atoms with E-state index in [9.17, 15) is 0 Å². The average molecular weight is 255 g/mol. The summed E-state index contributed by atoms with van der Waals surface area (Å²) in [7, 11) is 0. The standard InChI is InChI=1S/C15H13NO3/c1-2-11(17-5-1)7-13-12-8-15-14(18-9-19-15)6-10(12)3-4-16-13/h1-2,5-6,8H,3-4,7,9H2. The van der Waals surface area contributed by atoms with Crippen LogP contribution in [0.1, 0.15) is 16.9 Å². The second kappa shape index (κ2) is 4.16. The lowest BCUT2D eigenvalue weighted by Crippen LogP contribution is -2.15. The first-order valence-electron chi connectivity index (χ1n) is 6.39. The minimum atomic E-state index is 0.308. The molecule has 4 nitrogen and oxygen atoms in total. The third-order valence-electron chi connectivity index (χ3n) is 3.51. The Balaban J connectivity index is 1.74. The molecule has 0 unspecified atom stereocenters. The van der Waals surface area contributed by atoms with Crippen molar-refractivity contribution in [2.24, 2.45) is 4.99 Å². The van der Waals surface area contributed by atoms with E-state index in [0.717, 1.165) is 47.9 Å². The van der Waals surface area contributed by atoms with E-state index in [2.05, 4.69) is 11.1 Å². The van der Waals surface area contributed by atoms with E-state index in [1.165, 1.54) is 5.56 Å². The van der Waals surface area contributed by atoms with Gasteiger partial charge in [0, 0.05) is 24.2 Å². The van der Waals surface area contributed by atoms with Crippen LogP contribution in [-0.4, -0.2) is 19.0 Å². The molecule has 0 saturated carbocycles. The lowest BCUT2D eigenvalue weighted by atomic mass is 9.94. The van der Waals surface area contributed by atoms with Gasteiger partial charge in [-0.1, -0.05) is 0 Å². The SMILES string of the molecule is c1coc(CC2=NCCc3cc4c(cc32)OCO4)c1. The molecule has 0 saturated heterocycles. The first-order valence-corrected chi connectivity index (χ1v) is 6.39. The highest BCUT2D eigenvalue weighted by molar-refractivity contribution is 6.04. The van der Waals surface area contributed by atoms with Gasteiger partial charge in [0.25, 0.3) is 0 Å². The molecule has 2 aromatic rings. The molecule has 0 fully saturated rings. The maximum absolute atomic E-state index is 5.45. The lowest BCUT2D eigenvalue weighted by molar-refractivity contribution is 0.174. The Morgan fingerprint density at radius 1 is 1.16 bits per heavy atom. The van der Waals surface area contributed by atoms with Crippen LogP contribution in [0.4, 0.5) is 0 Å². The molecule has 1 aromatic heterocycles. The lowest BCUT2D eigenvalue weighted by Gasteiger charge is -2.17. The van der Waals surface area contributed by atoms with Gasteiger partial charge in [-0.05, 0) is 36.2 Å². The number of nitrogens with zero attached hydrogens (tertiary/aromatic N) is 1. The molecule has 19 heavy (non-hydrogen) atoms. The Bertz CT molecular complexity index is 644. The van der Waals surface area contributed by atoms with Crippen LogP contribution in [0.5, 0.6) is 11.5 Å². The summed E-state index contributed by atoms with van der Waals surface area (Å²) >= 11 is 0. The van der Waals surface area contributed by atoms with E-state index in [0.29, 0.717) is 6.79 Å².